The van der Waals surface area contributed by atoms with Crippen molar-refractivity contribution in [3.8, 4) is 11.5 Å². The highest BCUT2D eigenvalue weighted by molar-refractivity contribution is 7.92. The van der Waals surface area contributed by atoms with Crippen molar-refractivity contribution >= 4 is 21.4 Å². The van der Waals surface area contributed by atoms with Crippen LogP contribution in [0.1, 0.15) is 48.9 Å². The lowest BCUT2D eigenvalue weighted by Gasteiger charge is -2.37. The Morgan fingerprint density at radius 1 is 1.03 bits per heavy atom. The predicted octanol–water partition coefficient (Wildman–Crippen LogP) is 6.42. The van der Waals surface area contributed by atoms with Gasteiger partial charge in [0, 0.05) is 11.6 Å². The molecule has 0 saturated carbocycles. The zero-order valence-corrected chi connectivity index (χ0v) is 21.8. The summed E-state index contributed by atoms with van der Waals surface area (Å²) in [5, 5.41) is 3.68. The molecule has 0 unspecified atom stereocenters. The van der Waals surface area contributed by atoms with Gasteiger partial charge in [-0.05, 0) is 92.3 Å². The van der Waals surface area contributed by atoms with E-state index in [4.69, 9.17) is 9.47 Å². The molecular formula is C29H32N2O4S. The Labute approximate surface area is 213 Å². The van der Waals surface area contributed by atoms with Crippen molar-refractivity contribution in [1.29, 1.82) is 0 Å². The number of fused-ring (bicyclic) bond motifs is 3. The molecule has 2 N–H and O–H groups in total. The van der Waals surface area contributed by atoms with E-state index < -0.39 is 10.0 Å². The zero-order chi connectivity index (χ0) is 25.4. The lowest BCUT2D eigenvalue weighted by atomic mass is 9.77. The third kappa shape index (κ3) is 4.67. The molecule has 0 fully saturated rings. The second-order valence-corrected chi connectivity index (χ2v) is 11.5. The van der Waals surface area contributed by atoms with Gasteiger partial charge in [0.1, 0.15) is 11.5 Å². The highest BCUT2D eigenvalue weighted by Gasteiger charge is 2.38. The summed E-state index contributed by atoms with van der Waals surface area (Å²) in [6.07, 6.45) is 5.47. The summed E-state index contributed by atoms with van der Waals surface area (Å²) in [7, 11) is -2.27. The summed E-state index contributed by atoms with van der Waals surface area (Å²) >= 11 is 0. The Bertz CT molecular complexity index is 1400. The lowest BCUT2D eigenvalue weighted by molar-refractivity contribution is 0.242. The maximum absolute atomic E-state index is 13.3. The van der Waals surface area contributed by atoms with Crippen molar-refractivity contribution in [2.45, 2.75) is 50.2 Å². The van der Waals surface area contributed by atoms with Crippen LogP contribution in [0.4, 0.5) is 11.4 Å². The Hall–Kier alpha value is -3.45. The number of ether oxygens (including phenoxy) is 2. The average Bonchev–Trinajstić information content (AvgIpc) is 3.34. The molecule has 3 atom stereocenters. The molecule has 36 heavy (non-hydrogen) atoms. The molecule has 5 rings (SSSR count). The molecule has 3 aromatic carbocycles. The summed E-state index contributed by atoms with van der Waals surface area (Å²) < 4.78 is 40.5. The van der Waals surface area contributed by atoms with Crippen LogP contribution in [0.2, 0.25) is 0 Å². The topological polar surface area (TPSA) is 76.7 Å². The first-order valence-electron chi connectivity index (χ1n) is 12.3. The minimum absolute atomic E-state index is 0.128. The van der Waals surface area contributed by atoms with Crippen LogP contribution in [0.15, 0.2) is 77.7 Å². The van der Waals surface area contributed by atoms with E-state index in [-0.39, 0.29) is 23.0 Å². The second-order valence-electron chi connectivity index (χ2n) is 9.77. The molecule has 7 heteroatoms. The largest absolute Gasteiger partial charge is 0.495 e. The maximum atomic E-state index is 13.3. The number of sulfonamides is 1. The molecule has 1 aliphatic carbocycles. The lowest BCUT2D eigenvalue weighted by Crippen LogP contribution is -2.29. The number of allylic oxidation sites excluding steroid dienone is 2. The molecule has 0 saturated heterocycles. The fourth-order valence-corrected chi connectivity index (χ4v) is 6.30. The number of nitrogens with one attached hydrogen (secondary N) is 2. The highest BCUT2D eigenvalue weighted by atomic mass is 32.2. The van der Waals surface area contributed by atoms with E-state index in [0.29, 0.717) is 17.4 Å². The van der Waals surface area contributed by atoms with E-state index in [1.54, 1.807) is 24.3 Å². The van der Waals surface area contributed by atoms with Gasteiger partial charge >= 0.3 is 0 Å². The van der Waals surface area contributed by atoms with Gasteiger partial charge in [0.15, 0.2) is 0 Å². The van der Waals surface area contributed by atoms with Crippen LogP contribution >= 0.6 is 0 Å². The van der Waals surface area contributed by atoms with Crippen LogP contribution in [0.3, 0.4) is 0 Å². The number of rotatable bonds is 7. The molecule has 3 aromatic rings. The van der Waals surface area contributed by atoms with Crippen molar-refractivity contribution in [2.75, 3.05) is 17.1 Å². The van der Waals surface area contributed by atoms with E-state index in [1.165, 1.54) is 12.7 Å². The molecule has 0 radical (unpaired) electrons. The fraction of sp³-hybridized carbons (Fsp3) is 0.310. The van der Waals surface area contributed by atoms with Crippen molar-refractivity contribution in [1.82, 2.24) is 0 Å². The van der Waals surface area contributed by atoms with Gasteiger partial charge in [-0.25, -0.2) is 8.42 Å². The number of aryl methyl sites for hydroxylation is 1. The van der Waals surface area contributed by atoms with Gasteiger partial charge in [-0.3, -0.25) is 4.72 Å². The zero-order valence-electron chi connectivity index (χ0n) is 21.0. The van der Waals surface area contributed by atoms with Crippen LogP contribution in [-0.2, 0) is 10.0 Å². The van der Waals surface area contributed by atoms with Crippen molar-refractivity contribution < 1.29 is 17.9 Å². The first kappa shape index (κ1) is 24.3. The third-order valence-electron chi connectivity index (χ3n) is 6.85. The molecule has 0 spiro atoms. The summed E-state index contributed by atoms with van der Waals surface area (Å²) in [4.78, 5) is 0.235. The van der Waals surface area contributed by atoms with Crippen molar-refractivity contribution in [3.63, 3.8) is 0 Å². The number of hydrogen-bond donors (Lipinski definition) is 2. The van der Waals surface area contributed by atoms with E-state index >= 15 is 0 Å². The molecule has 0 aromatic heterocycles. The second kappa shape index (κ2) is 9.54. The Morgan fingerprint density at radius 3 is 2.53 bits per heavy atom. The smallest absolute Gasteiger partial charge is 0.262 e. The molecule has 0 bridgehead atoms. The van der Waals surface area contributed by atoms with Gasteiger partial charge in [0.05, 0.1) is 29.8 Å². The Kier molecular flexibility index (Phi) is 6.43. The maximum Gasteiger partial charge on any atom is 0.262 e. The monoisotopic (exact) mass is 504 g/mol. The van der Waals surface area contributed by atoms with Crippen molar-refractivity contribution in [2.24, 2.45) is 5.92 Å². The highest BCUT2D eigenvalue weighted by Crippen LogP contribution is 2.50. The van der Waals surface area contributed by atoms with Gasteiger partial charge in [-0.2, -0.15) is 0 Å². The van der Waals surface area contributed by atoms with Gasteiger partial charge < -0.3 is 14.8 Å². The number of benzene rings is 3. The summed E-state index contributed by atoms with van der Waals surface area (Å²) in [6, 6.07) is 19.2. The SMILES string of the molecule is COc1ccc(C)cc1NS(=O)(=O)c1ccc2c(c1)[C@H]1C=CC[C@H]1[C@@H](c1ccc(OC(C)C)cc1)N2. The van der Waals surface area contributed by atoms with E-state index in [2.05, 4.69) is 34.3 Å². The van der Waals surface area contributed by atoms with Crippen LogP contribution in [0.25, 0.3) is 0 Å². The van der Waals surface area contributed by atoms with Gasteiger partial charge in [0.25, 0.3) is 10.0 Å². The summed E-state index contributed by atoms with van der Waals surface area (Å²) in [6.45, 7) is 5.95. The van der Waals surface area contributed by atoms with E-state index in [0.717, 1.165) is 29.0 Å². The Morgan fingerprint density at radius 2 is 1.81 bits per heavy atom. The molecule has 1 heterocycles. The molecule has 188 valence electrons. The standard InChI is InChI=1S/C29H32N2O4S/c1-18(2)35-21-11-9-20(10-12-21)29-24-7-5-6-23(24)25-17-22(13-14-26(25)30-29)36(32,33)31-27-16-19(3)8-15-28(27)34-4/h5-6,8-18,23-24,29-31H,7H2,1-4H3/t23-,24+,29+/m0/s1. The predicted molar refractivity (Wildman–Crippen MR) is 144 cm³/mol. The molecule has 1 aliphatic heterocycles. The molecular weight excluding hydrogens is 472 g/mol. The van der Waals surface area contributed by atoms with Gasteiger partial charge in [-0.15, -0.1) is 0 Å². The van der Waals surface area contributed by atoms with E-state index in [1.807, 2.05) is 45.0 Å². The first-order chi connectivity index (χ1) is 17.2. The summed E-state index contributed by atoms with van der Waals surface area (Å²) in [5.74, 6) is 1.78. The minimum atomic E-state index is -3.80. The molecule has 0 amide bonds. The average molecular weight is 505 g/mol. The third-order valence-corrected chi connectivity index (χ3v) is 8.22. The first-order valence-corrected chi connectivity index (χ1v) is 13.7. The number of methoxy groups -OCH3 is 1. The fourth-order valence-electron chi connectivity index (χ4n) is 5.20. The molecule has 6 nitrogen and oxygen atoms in total. The van der Waals surface area contributed by atoms with Gasteiger partial charge in [0.2, 0.25) is 0 Å². The van der Waals surface area contributed by atoms with Crippen LogP contribution < -0.4 is 19.5 Å². The number of hydrogen-bond acceptors (Lipinski definition) is 5. The van der Waals surface area contributed by atoms with Crippen LogP contribution in [0, 0.1) is 12.8 Å². The minimum Gasteiger partial charge on any atom is -0.495 e. The van der Waals surface area contributed by atoms with Gasteiger partial charge in [-0.1, -0.05) is 30.4 Å². The molecule has 2 aliphatic rings. The van der Waals surface area contributed by atoms with Crippen molar-refractivity contribution in [3.05, 3.63) is 89.5 Å². The normalized spacial score (nSPS) is 20.4. The number of anilines is 2. The van der Waals surface area contributed by atoms with E-state index in [9.17, 15) is 8.42 Å². The Balaban J connectivity index is 1.44. The van der Waals surface area contributed by atoms with Crippen LogP contribution in [-0.4, -0.2) is 21.6 Å². The quantitative estimate of drug-likeness (QED) is 0.363. The van der Waals surface area contributed by atoms with Crippen LogP contribution in [0.5, 0.6) is 11.5 Å². The summed E-state index contributed by atoms with van der Waals surface area (Å²) in [5.41, 5.74) is 4.53.